The van der Waals surface area contributed by atoms with Gasteiger partial charge in [-0.25, -0.2) is 0 Å². The van der Waals surface area contributed by atoms with Crippen LogP contribution in [-0.2, 0) is 13.1 Å². The van der Waals surface area contributed by atoms with Crippen molar-refractivity contribution in [2.24, 2.45) is 0 Å². The minimum atomic E-state index is -0.171. The molecule has 0 saturated heterocycles. The van der Waals surface area contributed by atoms with Gasteiger partial charge in [-0.15, -0.1) is 0 Å². The molecule has 0 radical (unpaired) electrons. The number of carbonyl (C=O) groups is 1. The van der Waals surface area contributed by atoms with Crippen LogP contribution in [-0.4, -0.2) is 25.5 Å². The number of amides is 1. The summed E-state index contributed by atoms with van der Waals surface area (Å²) in [7, 11) is 0. The number of hydrogen-bond donors (Lipinski definition) is 1. The van der Waals surface area contributed by atoms with Crippen molar-refractivity contribution in [1.82, 2.24) is 19.6 Å². The lowest BCUT2D eigenvalue weighted by Crippen LogP contribution is -2.15. The molecule has 3 rings (SSSR count). The normalized spacial score (nSPS) is 10.9. The molecule has 6 nitrogen and oxygen atoms in total. The van der Waals surface area contributed by atoms with Crippen LogP contribution in [0.4, 0.5) is 5.82 Å². The molecule has 0 aliphatic heterocycles. The molecule has 1 aromatic carbocycles. The van der Waals surface area contributed by atoms with Crippen molar-refractivity contribution in [1.29, 1.82) is 0 Å². The van der Waals surface area contributed by atoms with Crippen molar-refractivity contribution in [2.45, 2.75) is 40.8 Å². The third-order valence-electron chi connectivity index (χ3n) is 4.22. The number of aryl methyl sites for hydroxylation is 3. The average molecular weight is 337 g/mol. The van der Waals surface area contributed by atoms with Gasteiger partial charge in [-0.2, -0.15) is 10.2 Å². The average Bonchev–Trinajstić information content (AvgIpc) is 3.11. The number of benzene rings is 1. The van der Waals surface area contributed by atoms with Crippen LogP contribution in [0.15, 0.2) is 36.5 Å². The van der Waals surface area contributed by atoms with E-state index in [-0.39, 0.29) is 5.91 Å². The molecule has 2 heterocycles. The van der Waals surface area contributed by atoms with Gasteiger partial charge in [-0.1, -0.05) is 29.8 Å². The SMILES string of the molecule is CCn1nc(C)c(C(=O)Nc2ccn(Cc3cccc(C)c3)n2)c1C. The molecule has 1 amide bonds. The number of rotatable bonds is 5. The van der Waals surface area contributed by atoms with Crippen LogP contribution in [0.5, 0.6) is 0 Å². The zero-order chi connectivity index (χ0) is 18.0. The van der Waals surface area contributed by atoms with E-state index in [2.05, 4.69) is 40.6 Å². The molecule has 25 heavy (non-hydrogen) atoms. The molecule has 0 aliphatic carbocycles. The Morgan fingerprint density at radius 2 is 1.96 bits per heavy atom. The highest BCUT2D eigenvalue weighted by Gasteiger charge is 2.18. The van der Waals surface area contributed by atoms with Gasteiger partial charge in [0.1, 0.15) is 0 Å². The van der Waals surface area contributed by atoms with Crippen molar-refractivity contribution in [3.8, 4) is 0 Å². The van der Waals surface area contributed by atoms with Crippen LogP contribution in [0.25, 0.3) is 0 Å². The maximum absolute atomic E-state index is 12.6. The molecular weight excluding hydrogens is 314 g/mol. The number of nitrogens with zero attached hydrogens (tertiary/aromatic N) is 4. The number of nitrogens with one attached hydrogen (secondary N) is 1. The molecule has 0 unspecified atom stereocenters. The van der Waals surface area contributed by atoms with Gasteiger partial charge in [0.2, 0.25) is 0 Å². The Hall–Kier alpha value is -2.89. The first-order chi connectivity index (χ1) is 12.0. The van der Waals surface area contributed by atoms with Crippen LogP contribution >= 0.6 is 0 Å². The van der Waals surface area contributed by atoms with E-state index in [1.54, 1.807) is 0 Å². The highest BCUT2D eigenvalue weighted by Crippen LogP contribution is 2.15. The van der Waals surface area contributed by atoms with E-state index < -0.39 is 0 Å². The number of hydrogen-bond acceptors (Lipinski definition) is 3. The van der Waals surface area contributed by atoms with Crippen LogP contribution in [0.3, 0.4) is 0 Å². The molecule has 0 bridgehead atoms. The van der Waals surface area contributed by atoms with Gasteiger partial charge in [-0.05, 0) is 33.3 Å². The molecule has 6 heteroatoms. The Morgan fingerprint density at radius 1 is 1.16 bits per heavy atom. The van der Waals surface area contributed by atoms with Crippen LogP contribution in [0.2, 0.25) is 0 Å². The van der Waals surface area contributed by atoms with Crippen molar-refractivity contribution in [3.63, 3.8) is 0 Å². The largest absolute Gasteiger partial charge is 0.305 e. The van der Waals surface area contributed by atoms with Crippen LogP contribution < -0.4 is 5.32 Å². The van der Waals surface area contributed by atoms with E-state index in [1.165, 1.54) is 11.1 Å². The maximum Gasteiger partial charge on any atom is 0.260 e. The second-order valence-electron chi connectivity index (χ2n) is 6.20. The van der Waals surface area contributed by atoms with Crippen LogP contribution in [0.1, 0.15) is 39.8 Å². The number of carbonyl (C=O) groups excluding carboxylic acids is 1. The Kier molecular flexibility index (Phi) is 4.70. The first-order valence-corrected chi connectivity index (χ1v) is 8.42. The summed E-state index contributed by atoms with van der Waals surface area (Å²) in [6.07, 6.45) is 1.87. The summed E-state index contributed by atoms with van der Waals surface area (Å²) in [5.41, 5.74) is 4.62. The smallest absolute Gasteiger partial charge is 0.260 e. The molecule has 130 valence electrons. The predicted molar refractivity (Wildman–Crippen MR) is 97.8 cm³/mol. The molecule has 3 aromatic rings. The first kappa shape index (κ1) is 17.0. The molecule has 0 atom stereocenters. The van der Waals surface area contributed by atoms with Gasteiger partial charge in [0.15, 0.2) is 5.82 Å². The molecule has 0 spiro atoms. The Balaban J connectivity index is 1.73. The van der Waals surface area contributed by atoms with E-state index >= 15 is 0 Å². The number of aromatic nitrogens is 4. The lowest BCUT2D eigenvalue weighted by molar-refractivity contribution is 0.102. The Bertz CT molecular complexity index is 906. The molecular formula is C19H23N5O. The van der Waals surface area contributed by atoms with Gasteiger partial charge in [-0.3, -0.25) is 14.2 Å². The summed E-state index contributed by atoms with van der Waals surface area (Å²) in [6.45, 7) is 9.25. The quantitative estimate of drug-likeness (QED) is 0.777. The first-order valence-electron chi connectivity index (χ1n) is 8.42. The number of anilines is 1. The van der Waals surface area contributed by atoms with Crippen LogP contribution in [0, 0.1) is 20.8 Å². The van der Waals surface area contributed by atoms with Gasteiger partial charge in [0.25, 0.3) is 5.91 Å². The van der Waals surface area contributed by atoms with Gasteiger partial charge in [0.05, 0.1) is 17.8 Å². The van der Waals surface area contributed by atoms with E-state index in [9.17, 15) is 4.79 Å². The molecule has 0 saturated carbocycles. The van der Waals surface area contributed by atoms with Gasteiger partial charge >= 0.3 is 0 Å². The highest BCUT2D eigenvalue weighted by molar-refractivity contribution is 6.05. The highest BCUT2D eigenvalue weighted by atomic mass is 16.1. The second kappa shape index (κ2) is 6.93. The maximum atomic E-state index is 12.6. The van der Waals surface area contributed by atoms with Crippen molar-refractivity contribution < 1.29 is 4.79 Å². The molecule has 2 aromatic heterocycles. The van der Waals surface area contributed by atoms with Crippen molar-refractivity contribution >= 4 is 11.7 Å². The van der Waals surface area contributed by atoms with Gasteiger partial charge < -0.3 is 5.32 Å². The van der Waals surface area contributed by atoms with E-state index in [4.69, 9.17) is 0 Å². The summed E-state index contributed by atoms with van der Waals surface area (Å²) < 4.78 is 3.65. The van der Waals surface area contributed by atoms with Crippen molar-refractivity contribution in [2.75, 3.05) is 5.32 Å². The van der Waals surface area contributed by atoms with E-state index in [1.807, 2.05) is 48.5 Å². The minimum absolute atomic E-state index is 0.171. The summed E-state index contributed by atoms with van der Waals surface area (Å²) in [5.74, 6) is 0.371. The predicted octanol–water partition coefficient (Wildman–Crippen LogP) is 3.33. The third kappa shape index (κ3) is 3.63. The lowest BCUT2D eigenvalue weighted by atomic mass is 10.1. The second-order valence-corrected chi connectivity index (χ2v) is 6.20. The van der Waals surface area contributed by atoms with E-state index in [0.717, 1.165) is 17.9 Å². The standard InChI is InChI=1S/C19H23N5O/c1-5-24-15(4)18(14(3)21-24)19(25)20-17-9-10-23(22-17)12-16-8-6-7-13(2)11-16/h6-11H,5,12H2,1-4H3,(H,20,22,25). The zero-order valence-electron chi connectivity index (χ0n) is 15.1. The van der Waals surface area contributed by atoms with Gasteiger partial charge in [0, 0.05) is 24.5 Å². The summed E-state index contributed by atoms with van der Waals surface area (Å²) in [5, 5.41) is 11.7. The molecule has 1 N–H and O–H groups in total. The fraction of sp³-hybridized carbons (Fsp3) is 0.316. The monoisotopic (exact) mass is 337 g/mol. The summed E-state index contributed by atoms with van der Waals surface area (Å²) in [6, 6.07) is 10.1. The van der Waals surface area contributed by atoms with E-state index in [0.29, 0.717) is 17.9 Å². The minimum Gasteiger partial charge on any atom is -0.305 e. The summed E-state index contributed by atoms with van der Waals surface area (Å²) >= 11 is 0. The zero-order valence-corrected chi connectivity index (χ0v) is 15.1. The third-order valence-corrected chi connectivity index (χ3v) is 4.22. The fourth-order valence-electron chi connectivity index (χ4n) is 3.03. The lowest BCUT2D eigenvalue weighted by Gasteiger charge is -2.05. The topological polar surface area (TPSA) is 64.7 Å². The molecule has 0 aliphatic rings. The fourth-order valence-corrected chi connectivity index (χ4v) is 3.03. The molecule has 0 fully saturated rings. The van der Waals surface area contributed by atoms with Crippen molar-refractivity contribution in [3.05, 3.63) is 64.6 Å². The summed E-state index contributed by atoms with van der Waals surface area (Å²) in [4.78, 5) is 12.6. The Labute approximate surface area is 147 Å². The Morgan fingerprint density at radius 3 is 2.64 bits per heavy atom.